The van der Waals surface area contributed by atoms with Gasteiger partial charge in [0.1, 0.15) is 0 Å². The van der Waals surface area contributed by atoms with Crippen molar-refractivity contribution in [3.8, 4) is 0 Å². The predicted octanol–water partition coefficient (Wildman–Crippen LogP) is 1.42. The van der Waals surface area contributed by atoms with E-state index in [0.29, 0.717) is 6.54 Å². The summed E-state index contributed by atoms with van der Waals surface area (Å²) in [6.07, 6.45) is 3.58. The van der Waals surface area contributed by atoms with Gasteiger partial charge in [0.25, 0.3) is 0 Å². The van der Waals surface area contributed by atoms with Gasteiger partial charge in [-0.15, -0.1) is 0 Å². The minimum atomic E-state index is -1.06. The lowest BCUT2D eigenvalue weighted by molar-refractivity contribution is 0.0982. The molecule has 0 radical (unpaired) electrons. The number of nitrogens with one attached hydrogen (secondary N) is 2. The Balaban J connectivity index is 3.01. The fraction of sp³-hybridized carbons (Fsp3) is 0.889. The SMILES string of the molecule is CNCCCCCCNC(=O)OCF. The zero-order chi connectivity index (χ0) is 10.6. The number of amides is 1. The van der Waals surface area contributed by atoms with Crippen molar-refractivity contribution in [3.63, 3.8) is 0 Å². The second-order valence-corrected chi connectivity index (χ2v) is 2.99. The summed E-state index contributed by atoms with van der Waals surface area (Å²) in [5, 5.41) is 5.52. The highest BCUT2D eigenvalue weighted by molar-refractivity contribution is 5.66. The van der Waals surface area contributed by atoms with E-state index in [1.807, 2.05) is 7.05 Å². The van der Waals surface area contributed by atoms with Gasteiger partial charge in [-0.2, -0.15) is 0 Å². The van der Waals surface area contributed by atoms with Crippen LogP contribution in [0, 0.1) is 0 Å². The first-order valence-corrected chi connectivity index (χ1v) is 4.92. The number of alkyl halides is 1. The molecule has 1 amide bonds. The van der Waals surface area contributed by atoms with E-state index in [-0.39, 0.29) is 0 Å². The third kappa shape index (κ3) is 9.25. The van der Waals surface area contributed by atoms with Crippen molar-refractivity contribution in [2.45, 2.75) is 25.7 Å². The second kappa shape index (κ2) is 10.2. The third-order valence-corrected chi connectivity index (χ3v) is 1.81. The molecule has 0 fully saturated rings. The normalized spacial score (nSPS) is 9.86. The van der Waals surface area contributed by atoms with Crippen LogP contribution in [0.3, 0.4) is 0 Å². The molecular formula is C9H19FN2O2. The molecule has 0 spiro atoms. The van der Waals surface area contributed by atoms with Gasteiger partial charge in [0, 0.05) is 6.54 Å². The number of carbonyl (C=O) groups is 1. The van der Waals surface area contributed by atoms with Gasteiger partial charge in [-0.3, -0.25) is 0 Å². The molecule has 0 unspecified atom stereocenters. The summed E-state index contributed by atoms with van der Waals surface area (Å²) in [4.78, 5) is 10.6. The maximum atomic E-state index is 11.5. The topological polar surface area (TPSA) is 50.4 Å². The number of ether oxygens (including phenoxy) is 1. The number of alkyl carbamates (subject to hydrolysis) is 1. The first kappa shape index (κ1) is 13.2. The third-order valence-electron chi connectivity index (χ3n) is 1.81. The van der Waals surface area contributed by atoms with Crippen LogP contribution in [0.4, 0.5) is 9.18 Å². The largest absolute Gasteiger partial charge is 0.418 e. The highest BCUT2D eigenvalue weighted by atomic mass is 19.1. The number of halogens is 1. The lowest BCUT2D eigenvalue weighted by Gasteiger charge is -2.03. The molecule has 0 atom stereocenters. The highest BCUT2D eigenvalue weighted by Crippen LogP contribution is 1.97. The monoisotopic (exact) mass is 206 g/mol. The summed E-state index contributed by atoms with van der Waals surface area (Å²) in [5.41, 5.74) is 0. The Morgan fingerprint density at radius 1 is 1.21 bits per heavy atom. The van der Waals surface area contributed by atoms with Gasteiger partial charge in [-0.25, -0.2) is 9.18 Å². The zero-order valence-electron chi connectivity index (χ0n) is 8.64. The Morgan fingerprint density at radius 3 is 2.43 bits per heavy atom. The Bertz CT molecular complexity index is 145. The lowest BCUT2D eigenvalue weighted by atomic mass is 10.2. The molecule has 0 aromatic heterocycles. The minimum absolute atomic E-state index is 0.554. The molecule has 0 aromatic rings. The second-order valence-electron chi connectivity index (χ2n) is 2.99. The molecule has 0 saturated carbocycles. The van der Waals surface area contributed by atoms with Crippen LogP contribution in [0.25, 0.3) is 0 Å². The van der Waals surface area contributed by atoms with Crippen LogP contribution < -0.4 is 10.6 Å². The molecule has 84 valence electrons. The van der Waals surface area contributed by atoms with Crippen LogP contribution >= 0.6 is 0 Å². The summed E-state index contributed by atoms with van der Waals surface area (Å²) in [6, 6.07) is 0. The molecule has 0 heterocycles. The quantitative estimate of drug-likeness (QED) is 0.590. The average molecular weight is 206 g/mol. The van der Waals surface area contributed by atoms with E-state index in [4.69, 9.17) is 0 Å². The van der Waals surface area contributed by atoms with E-state index >= 15 is 0 Å². The summed E-state index contributed by atoms with van der Waals surface area (Å²) in [7, 11) is 1.93. The van der Waals surface area contributed by atoms with Crippen LogP contribution in [0.1, 0.15) is 25.7 Å². The molecular weight excluding hydrogens is 187 g/mol. The maximum absolute atomic E-state index is 11.5. The summed E-state index contributed by atoms with van der Waals surface area (Å²) in [5.74, 6) is 0. The standard InChI is InChI=1S/C9H19FN2O2/c1-11-6-4-2-3-5-7-12-9(13)14-8-10/h11H,2-8H2,1H3,(H,12,13). The number of hydrogen-bond donors (Lipinski definition) is 2. The van der Waals surface area contributed by atoms with Crippen LogP contribution in [0.2, 0.25) is 0 Å². The van der Waals surface area contributed by atoms with Crippen molar-refractivity contribution in [1.82, 2.24) is 10.6 Å². The minimum Gasteiger partial charge on any atom is -0.418 e. The number of unbranched alkanes of at least 4 members (excludes halogenated alkanes) is 3. The van der Waals surface area contributed by atoms with Crippen molar-refractivity contribution < 1.29 is 13.9 Å². The van der Waals surface area contributed by atoms with Crippen molar-refractivity contribution in [1.29, 1.82) is 0 Å². The summed E-state index contributed by atoms with van der Waals surface area (Å²) < 4.78 is 15.5. The van der Waals surface area contributed by atoms with Crippen LogP contribution in [0.15, 0.2) is 0 Å². The summed E-state index contributed by atoms with van der Waals surface area (Å²) in [6.45, 7) is 0.518. The Morgan fingerprint density at radius 2 is 1.86 bits per heavy atom. The molecule has 0 aromatic carbocycles. The Hall–Kier alpha value is -0.840. The molecule has 0 aliphatic carbocycles. The van der Waals surface area contributed by atoms with Gasteiger partial charge in [0.15, 0.2) is 0 Å². The summed E-state index contributed by atoms with van der Waals surface area (Å²) >= 11 is 0. The molecule has 0 aliphatic rings. The van der Waals surface area contributed by atoms with Crippen LogP contribution in [-0.2, 0) is 4.74 Å². The Labute approximate surface area is 84.2 Å². The van der Waals surface area contributed by atoms with Gasteiger partial charge in [0.2, 0.25) is 6.86 Å². The number of carbonyl (C=O) groups excluding carboxylic acids is 1. The first-order chi connectivity index (χ1) is 6.81. The van der Waals surface area contributed by atoms with Gasteiger partial charge in [0.05, 0.1) is 0 Å². The highest BCUT2D eigenvalue weighted by Gasteiger charge is 1.98. The first-order valence-electron chi connectivity index (χ1n) is 4.92. The van der Waals surface area contributed by atoms with E-state index in [2.05, 4.69) is 15.4 Å². The molecule has 14 heavy (non-hydrogen) atoms. The van der Waals surface area contributed by atoms with E-state index < -0.39 is 13.0 Å². The molecule has 0 aliphatic heterocycles. The fourth-order valence-corrected chi connectivity index (χ4v) is 1.07. The fourth-order valence-electron chi connectivity index (χ4n) is 1.07. The molecule has 4 nitrogen and oxygen atoms in total. The van der Waals surface area contributed by atoms with Crippen molar-refractivity contribution >= 4 is 6.09 Å². The lowest BCUT2D eigenvalue weighted by Crippen LogP contribution is -2.25. The molecule has 2 N–H and O–H groups in total. The molecule has 0 saturated heterocycles. The number of hydrogen-bond acceptors (Lipinski definition) is 3. The van der Waals surface area contributed by atoms with Gasteiger partial charge >= 0.3 is 6.09 Å². The maximum Gasteiger partial charge on any atom is 0.409 e. The Kier molecular flexibility index (Phi) is 9.63. The van der Waals surface area contributed by atoms with Crippen LogP contribution in [-0.4, -0.2) is 33.1 Å². The molecule has 0 bridgehead atoms. The van der Waals surface area contributed by atoms with Gasteiger partial charge in [-0.1, -0.05) is 12.8 Å². The average Bonchev–Trinajstić information content (AvgIpc) is 2.17. The van der Waals surface area contributed by atoms with E-state index in [0.717, 1.165) is 32.2 Å². The van der Waals surface area contributed by atoms with E-state index in [1.54, 1.807) is 0 Å². The van der Waals surface area contributed by atoms with Gasteiger partial charge in [-0.05, 0) is 26.4 Å². The smallest absolute Gasteiger partial charge is 0.409 e. The zero-order valence-corrected chi connectivity index (χ0v) is 8.64. The van der Waals surface area contributed by atoms with Gasteiger partial charge < -0.3 is 15.4 Å². The van der Waals surface area contributed by atoms with Crippen molar-refractivity contribution in [3.05, 3.63) is 0 Å². The van der Waals surface area contributed by atoms with Crippen molar-refractivity contribution in [2.75, 3.05) is 27.0 Å². The van der Waals surface area contributed by atoms with E-state index in [9.17, 15) is 9.18 Å². The molecule has 5 heteroatoms. The number of rotatable bonds is 8. The predicted molar refractivity (Wildman–Crippen MR) is 52.9 cm³/mol. The molecule has 0 rings (SSSR count). The van der Waals surface area contributed by atoms with Crippen molar-refractivity contribution in [2.24, 2.45) is 0 Å². The van der Waals surface area contributed by atoms with Crippen LogP contribution in [0.5, 0.6) is 0 Å². The van der Waals surface area contributed by atoms with E-state index in [1.165, 1.54) is 0 Å².